The van der Waals surface area contributed by atoms with Crippen molar-refractivity contribution in [3.8, 4) is 0 Å². The van der Waals surface area contributed by atoms with Gasteiger partial charge in [0.1, 0.15) is 0 Å². The fourth-order valence-electron chi connectivity index (χ4n) is 2.38. The largest absolute Gasteiger partial charge is 0.322 e. The molecule has 1 aliphatic rings. The normalized spacial score (nSPS) is 14.2. The third-order valence-corrected chi connectivity index (χ3v) is 3.52. The van der Waals surface area contributed by atoms with Crippen molar-refractivity contribution in [1.29, 1.82) is 0 Å². The van der Waals surface area contributed by atoms with Gasteiger partial charge in [-0.1, -0.05) is 51.1 Å². The van der Waals surface area contributed by atoms with E-state index in [0.29, 0.717) is 19.0 Å². The molecular weight excluding hydrogens is 236 g/mol. The third-order valence-electron chi connectivity index (χ3n) is 3.52. The maximum absolute atomic E-state index is 12.2. The summed E-state index contributed by atoms with van der Waals surface area (Å²) in [5.41, 5.74) is 3.41. The van der Waals surface area contributed by atoms with Gasteiger partial charge in [0.15, 0.2) is 0 Å². The van der Waals surface area contributed by atoms with Crippen molar-refractivity contribution in [1.82, 2.24) is 4.90 Å². The molecule has 0 saturated carbocycles. The van der Waals surface area contributed by atoms with Gasteiger partial charge < -0.3 is 10.2 Å². The van der Waals surface area contributed by atoms with Crippen LogP contribution in [0.4, 0.5) is 10.5 Å². The highest BCUT2D eigenvalue weighted by atomic mass is 16.2. The second-order valence-corrected chi connectivity index (χ2v) is 5.20. The Kier molecular flexibility index (Phi) is 4.25. The number of para-hydroxylation sites is 1. The van der Waals surface area contributed by atoms with E-state index in [1.165, 1.54) is 11.1 Å². The fourth-order valence-corrected chi connectivity index (χ4v) is 2.38. The van der Waals surface area contributed by atoms with Crippen molar-refractivity contribution in [2.24, 2.45) is 0 Å². The molecule has 1 aliphatic heterocycles. The molecule has 102 valence electrons. The van der Waals surface area contributed by atoms with E-state index in [4.69, 9.17) is 0 Å². The first kappa shape index (κ1) is 13.7. The van der Waals surface area contributed by atoms with Crippen LogP contribution in [0.3, 0.4) is 0 Å². The molecule has 1 aromatic rings. The lowest BCUT2D eigenvalue weighted by Crippen LogP contribution is -2.33. The summed E-state index contributed by atoms with van der Waals surface area (Å²) in [4.78, 5) is 14.0. The van der Waals surface area contributed by atoms with Crippen molar-refractivity contribution in [2.45, 2.75) is 33.1 Å². The minimum absolute atomic E-state index is 0.00667. The Morgan fingerprint density at radius 3 is 2.58 bits per heavy atom. The number of urea groups is 1. The van der Waals surface area contributed by atoms with Crippen LogP contribution in [-0.4, -0.2) is 24.0 Å². The molecule has 0 bridgehead atoms. The lowest BCUT2D eigenvalue weighted by molar-refractivity contribution is 0.224. The van der Waals surface area contributed by atoms with Crippen LogP contribution in [-0.2, 0) is 6.42 Å². The van der Waals surface area contributed by atoms with E-state index in [9.17, 15) is 4.79 Å². The smallest absolute Gasteiger partial charge is 0.317 e. The lowest BCUT2D eigenvalue weighted by Gasteiger charge is -2.21. The molecule has 2 amide bonds. The van der Waals surface area contributed by atoms with Gasteiger partial charge in [0.05, 0.1) is 0 Å². The molecule has 1 heterocycles. The highest BCUT2D eigenvalue weighted by molar-refractivity contribution is 5.91. The van der Waals surface area contributed by atoms with Gasteiger partial charge >= 0.3 is 6.03 Å². The SMILES string of the molecule is CCc1cccc(C(C)C)c1NC(=O)N1CC=CC1. The Morgan fingerprint density at radius 2 is 2.00 bits per heavy atom. The van der Waals surface area contributed by atoms with Gasteiger partial charge in [-0.2, -0.15) is 0 Å². The van der Waals surface area contributed by atoms with Crippen LogP contribution in [0.2, 0.25) is 0 Å². The summed E-state index contributed by atoms with van der Waals surface area (Å²) >= 11 is 0. The Labute approximate surface area is 115 Å². The lowest BCUT2D eigenvalue weighted by atomic mass is 9.96. The molecule has 0 spiro atoms. The molecule has 1 N–H and O–H groups in total. The van der Waals surface area contributed by atoms with E-state index >= 15 is 0 Å². The maximum atomic E-state index is 12.2. The fraction of sp³-hybridized carbons (Fsp3) is 0.438. The van der Waals surface area contributed by atoms with E-state index < -0.39 is 0 Å². The van der Waals surface area contributed by atoms with E-state index in [-0.39, 0.29) is 6.03 Å². The Morgan fingerprint density at radius 1 is 1.32 bits per heavy atom. The molecule has 3 nitrogen and oxygen atoms in total. The van der Waals surface area contributed by atoms with Gasteiger partial charge in [-0.05, 0) is 23.5 Å². The van der Waals surface area contributed by atoms with Gasteiger partial charge in [-0.25, -0.2) is 4.79 Å². The number of hydrogen-bond donors (Lipinski definition) is 1. The van der Waals surface area contributed by atoms with Crippen LogP contribution < -0.4 is 5.32 Å². The number of carbonyl (C=O) groups excluding carboxylic acids is 1. The van der Waals surface area contributed by atoms with Crippen LogP contribution in [0.5, 0.6) is 0 Å². The summed E-state index contributed by atoms with van der Waals surface area (Å²) in [6, 6.07) is 6.25. The molecule has 0 radical (unpaired) electrons. The number of hydrogen-bond acceptors (Lipinski definition) is 1. The molecule has 19 heavy (non-hydrogen) atoms. The monoisotopic (exact) mass is 258 g/mol. The average Bonchev–Trinajstić information content (AvgIpc) is 2.92. The number of anilines is 1. The van der Waals surface area contributed by atoms with Crippen molar-refractivity contribution in [3.63, 3.8) is 0 Å². The number of nitrogens with zero attached hydrogens (tertiary/aromatic N) is 1. The Hall–Kier alpha value is -1.77. The average molecular weight is 258 g/mol. The van der Waals surface area contributed by atoms with Gasteiger partial charge in [0.25, 0.3) is 0 Å². The van der Waals surface area contributed by atoms with E-state index in [2.05, 4.69) is 44.3 Å². The highest BCUT2D eigenvalue weighted by Gasteiger charge is 2.18. The molecule has 0 atom stereocenters. The number of benzene rings is 1. The molecule has 2 rings (SSSR count). The summed E-state index contributed by atoms with van der Waals surface area (Å²) in [6.45, 7) is 7.84. The summed E-state index contributed by atoms with van der Waals surface area (Å²) in [5, 5.41) is 3.10. The van der Waals surface area contributed by atoms with Gasteiger partial charge in [-0.15, -0.1) is 0 Å². The van der Waals surface area contributed by atoms with Crippen molar-refractivity contribution in [2.75, 3.05) is 18.4 Å². The molecule has 0 fully saturated rings. The quantitative estimate of drug-likeness (QED) is 0.822. The number of amides is 2. The molecular formula is C16H22N2O. The zero-order valence-electron chi connectivity index (χ0n) is 11.9. The highest BCUT2D eigenvalue weighted by Crippen LogP contribution is 2.28. The number of aryl methyl sites for hydroxylation is 1. The van der Waals surface area contributed by atoms with Crippen LogP contribution in [0.15, 0.2) is 30.4 Å². The van der Waals surface area contributed by atoms with Crippen molar-refractivity contribution in [3.05, 3.63) is 41.5 Å². The maximum Gasteiger partial charge on any atom is 0.322 e. The third kappa shape index (κ3) is 2.98. The first-order valence-electron chi connectivity index (χ1n) is 6.96. The standard InChI is InChI=1S/C16H22N2O/c1-4-13-8-7-9-14(12(2)3)15(13)17-16(19)18-10-5-6-11-18/h5-9,12H,4,10-11H2,1-3H3,(H,17,19). The summed E-state index contributed by atoms with van der Waals surface area (Å²) in [5.74, 6) is 0.401. The van der Waals surface area contributed by atoms with Gasteiger partial charge in [-0.3, -0.25) is 0 Å². The molecule has 3 heteroatoms. The van der Waals surface area contributed by atoms with Crippen LogP contribution in [0.1, 0.15) is 37.8 Å². The number of nitrogens with one attached hydrogen (secondary N) is 1. The first-order chi connectivity index (χ1) is 9.13. The van der Waals surface area contributed by atoms with E-state index in [1.54, 1.807) is 4.90 Å². The van der Waals surface area contributed by atoms with E-state index in [1.807, 2.05) is 12.2 Å². The van der Waals surface area contributed by atoms with Gasteiger partial charge in [0.2, 0.25) is 0 Å². The Bertz CT molecular complexity index is 484. The van der Waals surface area contributed by atoms with Crippen LogP contribution >= 0.6 is 0 Å². The predicted molar refractivity (Wildman–Crippen MR) is 79.6 cm³/mol. The number of rotatable bonds is 3. The second kappa shape index (κ2) is 5.91. The first-order valence-corrected chi connectivity index (χ1v) is 6.96. The molecule has 1 aromatic carbocycles. The molecule has 0 saturated heterocycles. The van der Waals surface area contributed by atoms with Crippen LogP contribution in [0.25, 0.3) is 0 Å². The zero-order valence-corrected chi connectivity index (χ0v) is 11.9. The molecule has 0 aromatic heterocycles. The topological polar surface area (TPSA) is 32.3 Å². The zero-order chi connectivity index (χ0) is 13.8. The van der Waals surface area contributed by atoms with Gasteiger partial charge in [0, 0.05) is 18.8 Å². The van der Waals surface area contributed by atoms with E-state index in [0.717, 1.165) is 12.1 Å². The number of carbonyl (C=O) groups is 1. The molecule has 0 aliphatic carbocycles. The second-order valence-electron chi connectivity index (χ2n) is 5.20. The van der Waals surface area contributed by atoms with Crippen molar-refractivity contribution < 1.29 is 4.79 Å². The molecule has 0 unspecified atom stereocenters. The Balaban J connectivity index is 2.24. The predicted octanol–water partition coefficient (Wildman–Crippen LogP) is 3.78. The minimum Gasteiger partial charge on any atom is -0.317 e. The minimum atomic E-state index is -0.00667. The summed E-state index contributed by atoms with van der Waals surface area (Å²) in [7, 11) is 0. The summed E-state index contributed by atoms with van der Waals surface area (Å²) < 4.78 is 0. The van der Waals surface area contributed by atoms with Crippen molar-refractivity contribution >= 4 is 11.7 Å². The van der Waals surface area contributed by atoms with Crippen LogP contribution in [0, 0.1) is 0 Å². The summed E-state index contributed by atoms with van der Waals surface area (Å²) in [6.07, 6.45) is 4.97.